The summed E-state index contributed by atoms with van der Waals surface area (Å²) in [4.78, 5) is 22.8. The van der Waals surface area contributed by atoms with E-state index in [4.69, 9.17) is 0 Å². The van der Waals surface area contributed by atoms with Gasteiger partial charge in [-0.1, -0.05) is 36.8 Å². The van der Waals surface area contributed by atoms with Crippen LogP contribution in [0.3, 0.4) is 0 Å². The second kappa shape index (κ2) is 7.38. The number of allylic oxidation sites excluding steroid dienone is 1. The molecule has 4 nitrogen and oxygen atoms in total. The maximum absolute atomic E-state index is 12.0. The van der Waals surface area contributed by atoms with Gasteiger partial charge in [0.15, 0.2) is 5.78 Å². The highest BCUT2D eigenvalue weighted by molar-refractivity contribution is 5.91. The number of non-ortho nitro benzene ring substituents is 1. The van der Waals surface area contributed by atoms with E-state index in [1.807, 2.05) is 12.1 Å². The lowest BCUT2D eigenvalue weighted by molar-refractivity contribution is -0.384. The van der Waals surface area contributed by atoms with Gasteiger partial charge >= 0.3 is 0 Å². The first kappa shape index (κ1) is 19.5. The van der Waals surface area contributed by atoms with Crippen LogP contribution in [0.25, 0.3) is 0 Å². The molecule has 4 aliphatic carbocycles. The molecule has 0 radical (unpaired) electrons. The van der Waals surface area contributed by atoms with Gasteiger partial charge in [0.05, 0.1) is 4.92 Å². The number of nitro benzene ring substituents is 1. The molecule has 0 amide bonds. The molecule has 1 aromatic rings. The Balaban J connectivity index is 1.51. The van der Waals surface area contributed by atoms with Crippen LogP contribution < -0.4 is 0 Å². The predicted octanol–water partition coefficient (Wildman–Crippen LogP) is 5.70. The van der Waals surface area contributed by atoms with Crippen molar-refractivity contribution >= 4 is 11.5 Å². The lowest BCUT2D eigenvalue weighted by atomic mass is 9.49. The highest BCUT2D eigenvalue weighted by atomic mass is 16.6. The van der Waals surface area contributed by atoms with E-state index in [1.165, 1.54) is 37.3 Å². The minimum Gasteiger partial charge on any atom is -0.295 e. The molecule has 6 atom stereocenters. The average molecular weight is 404 g/mol. The first-order valence-corrected chi connectivity index (χ1v) is 11.4. The number of rotatable bonds is 1. The number of carbonyl (C=O) groups excluding carboxylic acids is 1. The van der Waals surface area contributed by atoms with Crippen LogP contribution in [0.4, 0.5) is 5.69 Å². The largest absolute Gasteiger partial charge is 0.295 e. The zero-order valence-electron chi connectivity index (χ0n) is 17.6. The molecule has 0 aliphatic heterocycles. The Hall–Kier alpha value is -2.41. The summed E-state index contributed by atoms with van der Waals surface area (Å²) in [5.41, 5.74) is 2.57. The lowest BCUT2D eigenvalue weighted by Gasteiger charge is -2.55. The van der Waals surface area contributed by atoms with E-state index >= 15 is 0 Å². The van der Waals surface area contributed by atoms with Crippen molar-refractivity contribution in [3.63, 3.8) is 0 Å². The van der Waals surface area contributed by atoms with Crippen LogP contribution in [0.5, 0.6) is 0 Å². The molecular formula is C26H29NO3. The predicted molar refractivity (Wildman–Crippen MR) is 116 cm³/mol. The fourth-order valence-electron chi connectivity index (χ4n) is 7.34. The Labute approximate surface area is 178 Å². The SMILES string of the molecule is C[C@@]12CCC[C@H]1[C@@H]1CCC3=CC(=O)CC[C@@H]3[C@H]1[C@@H](C#Cc1cccc([N+](=O)[O-])c1)C2. The zero-order chi connectivity index (χ0) is 20.9. The van der Waals surface area contributed by atoms with E-state index in [2.05, 4.69) is 18.8 Å². The van der Waals surface area contributed by atoms with E-state index < -0.39 is 0 Å². The summed E-state index contributed by atoms with van der Waals surface area (Å²) in [6.45, 7) is 2.47. The average Bonchev–Trinajstić information content (AvgIpc) is 3.13. The standard InChI is InChI=1S/C26H29NO3/c1-26-13-3-6-24(26)23-11-9-18-15-21(28)10-12-22(18)25(23)19(16-26)8-7-17-4-2-5-20(14-17)27(29)30/h2,4-5,14-15,19,22-25H,3,6,9-13,16H2,1H3/t19-,22-,23-,24-,25+,26-/m0/s1. The number of hydrogen-bond donors (Lipinski definition) is 0. The minimum absolute atomic E-state index is 0.0971. The summed E-state index contributed by atoms with van der Waals surface area (Å²) in [6, 6.07) is 6.68. The van der Waals surface area contributed by atoms with Crippen molar-refractivity contribution in [1.82, 2.24) is 0 Å². The molecule has 0 unspecified atom stereocenters. The second-order valence-electron chi connectivity index (χ2n) is 10.2. The zero-order valence-corrected chi connectivity index (χ0v) is 17.6. The van der Waals surface area contributed by atoms with E-state index in [0.29, 0.717) is 41.3 Å². The normalized spacial score (nSPS) is 37.2. The van der Waals surface area contributed by atoms with Crippen LogP contribution >= 0.6 is 0 Å². The van der Waals surface area contributed by atoms with Gasteiger partial charge in [0, 0.05) is 30.0 Å². The molecular weight excluding hydrogens is 374 g/mol. The number of fused-ring (bicyclic) bond motifs is 5. The van der Waals surface area contributed by atoms with Crippen LogP contribution in [0, 0.1) is 57.0 Å². The summed E-state index contributed by atoms with van der Waals surface area (Å²) < 4.78 is 0. The summed E-state index contributed by atoms with van der Waals surface area (Å²) in [7, 11) is 0. The first-order chi connectivity index (χ1) is 14.4. The van der Waals surface area contributed by atoms with Crippen LogP contribution in [0.15, 0.2) is 35.9 Å². The third kappa shape index (κ3) is 3.29. The molecule has 0 bridgehead atoms. The van der Waals surface area contributed by atoms with Gasteiger partial charge in [-0.05, 0) is 79.8 Å². The topological polar surface area (TPSA) is 60.2 Å². The molecule has 156 valence electrons. The maximum Gasteiger partial charge on any atom is 0.270 e. The molecule has 4 heteroatoms. The van der Waals surface area contributed by atoms with E-state index in [1.54, 1.807) is 12.1 Å². The first-order valence-electron chi connectivity index (χ1n) is 11.4. The van der Waals surface area contributed by atoms with Crippen molar-refractivity contribution in [3.8, 4) is 11.8 Å². The second-order valence-corrected chi connectivity index (χ2v) is 10.2. The number of carbonyl (C=O) groups is 1. The molecule has 0 spiro atoms. The van der Waals surface area contributed by atoms with Crippen LogP contribution in [0.2, 0.25) is 0 Å². The lowest BCUT2D eigenvalue weighted by Crippen LogP contribution is -2.48. The molecule has 30 heavy (non-hydrogen) atoms. The number of nitro groups is 1. The molecule has 5 rings (SSSR count). The quantitative estimate of drug-likeness (QED) is 0.343. The maximum atomic E-state index is 12.0. The highest BCUT2D eigenvalue weighted by Gasteiger charge is 2.55. The van der Waals surface area contributed by atoms with Gasteiger partial charge in [-0.15, -0.1) is 0 Å². The van der Waals surface area contributed by atoms with Gasteiger partial charge in [0.25, 0.3) is 5.69 Å². The Kier molecular flexibility index (Phi) is 4.81. The van der Waals surface area contributed by atoms with Gasteiger partial charge in [0.2, 0.25) is 0 Å². The molecule has 1 aromatic carbocycles. The van der Waals surface area contributed by atoms with Crippen molar-refractivity contribution < 1.29 is 9.72 Å². The summed E-state index contributed by atoms with van der Waals surface area (Å²) in [5, 5.41) is 11.1. The number of benzene rings is 1. The van der Waals surface area contributed by atoms with E-state index in [0.717, 1.165) is 30.7 Å². The van der Waals surface area contributed by atoms with Crippen LogP contribution in [-0.4, -0.2) is 10.7 Å². The Morgan fingerprint density at radius 3 is 2.90 bits per heavy atom. The van der Waals surface area contributed by atoms with Crippen molar-refractivity contribution in [2.45, 2.75) is 58.3 Å². The van der Waals surface area contributed by atoms with Crippen molar-refractivity contribution in [3.05, 3.63) is 51.6 Å². The third-order valence-electron chi connectivity index (χ3n) is 8.53. The molecule has 0 saturated heterocycles. The molecule has 4 aliphatic rings. The molecule has 3 saturated carbocycles. The van der Waals surface area contributed by atoms with Gasteiger partial charge in [-0.3, -0.25) is 14.9 Å². The number of hydrogen-bond acceptors (Lipinski definition) is 3. The highest BCUT2D eigenvalue weighted by Crippen LogP contribution is 2.63. The number of nitrogens with zero attached hydrogens (tertiary/aromatic N) is 1. The van der Waals surface area contributed by atoms with E-state index in [-0.39, 0.29) is 10.6 Å². The minimum atomic E-state index is -0.358. The van der Waals surface area contributed by atoms with Gasteiger partial charge in [-0.2, -0.15) is 0 Å². The Morgan fingerprint density at radius 1 is 1.20 bits per heavy atom. The smallest absolute Gasteiger partial charge is 0.270 e. The van der Waals surface area contributed by atoms with Gasteiger partial charge in [-0.25, -0.2) is 0 Å². The summed E-state index contributed by atoms with van der Waals surface area (Å²) in [6.07, 6.45) is 10.9. The molecule has 0 N–H and O–H groups in total. The van der Waals surface area contributed by atoms with Crippen LogP contribution in [-0.2, 0) is 4.79 Å². The number of ketones is 1. The molecule has 0 aromatic heterocycles. The fourth-order valence-corrected chi connectivity index (χ4v) is 7.34. The summed E-state index contributed by atoms with van der Waals surface area (Å²) >= 11 is 0. The molecule has 3 fully saturated rings. The van der Waals surface area contributed by atoms with Gasteiger partial charge < -0.3 is 0 Å². The van der Waals surface area contributed by atoms with E-state index in [9.17, 15) is 14.9 Å². The van der Waals surface area contributed by atoms with Crippen LogP contribution in [0.1, 0.15) is 63.9 Å². The van der Waals surface area contributed by atoms with Crippen molar-refractivity contribution in [1.29, 1.82) is 0 Å². The van der Waals surface area contributed by atoms with Crippen molar-refractivity contribution in [2.24, 2.45) is 35.0 Å². The monoisotopic (exact) mass is 403 g/mol. The summed E-state index contributed by atoms with van der Waals surface area (Å²) in [5.74, 6) is 10.0. The Morgan fingerprint density at radius 2 is 2.07 bits per heavy atom. The van der Waals surface area contributed by atoms with Crippen molar-refractivity contribution in [2.75, 3.05) is 0 Å². The van der Waals surface area contributed by atoms with Gasteiger partial charge in [0.1, 0.15) is 0 Å². The third-order valence-corrected chi connectivity index (χ3v) is 8.53. The fraction of sp³-hybridized carbons (Fsp3) is 0.577. The Bertz CT molecular complexity index is 983. The molecule has 0 heterocycles.